The maximum atomic E-state index is 14.0. The molecule has 3 heterocycles. The van der Waals surface area contributed by atoms with Crippen LogP contribution >= 0.6 is 0 Å². The molecule has 0 saturated heterocycles. The molecule has 8 nitrogen and oxygen atoms in total. The van der Waals surface area contributed by atoms with Gasteiger partial charge in [-0.3, -0.25) is 9.59 Å². The maximum Gasteiger partial charge on any atom is 0.354 e. The van der Waals surface area contributed by atoms with Crippen molar-refractivity contribution in [2.24, 2.45) is 11.3 Å². The number of carboxylic acid groups (broad SMARTS) is 1. The Bertz CT molecular complexity index is 1580. The monoisotopic (exact) mass is 558 g/mol. The van der Waals surface area contributed by atoms with Crippen LogP contribution in [0.5, 0.6) is 5.75 Å². The summed E-state index contributed by atoms with van der Waals surface area (Å²) < 4.78 is 12.4. The first-order valence-corrected chi connectivity index (χ1v) is 14.0. The number of nitrogens with zero attached hydrogens (tertiary/aromatic N) is 2. The minimum absolute atomic E-state index is 0.00474. The summed E-state index contributed by atoms with van der Waals surface area (Å²) in [5.74, 6) is -0.133. The van der Waals surface area contributed by atoms with E-state index in [0.29, 0.717) is 63.6 Å². The zero-order valence-electron chi connectivity index (χ0n) is 25.3. The number of hydrogen-bond donors (Lipinski definition) is 1. The Morgan fingerprint density at radius 2 is 1.80 bits per heavy atom. The molecule has 5 rings (SSSR count). The van der Waals surface area contributed by atoms with Crippen molar-refractivity contribution in [1.82, 2.24) is 9.88 Å². The third-order valence-corrected chi connectivity index (χ3v) is 8.82. The average molecular weight is 559 g/mol. The summed E-state index contributed by atoms with van der Waals surface area (Å²) in [7, 11) is 3.35. The number of carbonyl (C=O) groups excluding carboxylic acids is 2. The molecule has 1 amide bonds. The van der Waals surface area contributed by atoms with E-state index < -0.39 is 11.9 Å². The normalized spacial score (nSPS) is 21.8. The summed E-state index contributed by atoms with van der Waals surface area (Å²) >= 11 is 0. The Hall–Kier alpha value is -3.94. The second-order valence-corrected chi connectivity index (χ2v) is 12.7. The number of benzene rings is 1. The summed E-state index contributed by atoms with van der Waals surface area (Å²) in [6.07, 6.45) is 0.916. The van der Waals surface area contributed by atoms with E-state index in [2.05, 4.69) is 32.7 Å². The molecule has 41 heavy (non-hydrogen) atoms. The summed E-state index contributed by atoms with van der Waals surface area (Å²) in [6, 6.07) is 5.28. The summed E-state index contributed by atoms with van der Waals surface area (Å²) in [4.78, 5) is 46.1. The maximum absolute atomic E-state index is 14.0. The number of carbonyl (C=O) groups is 3. The molecule has 0 fully saturated rings. The molecule has 1 aromatic carbocycles. The molecule has 0 unspecified atom stereocenters. The minimum atomic E-state index is -1.09. The van der Waals surface area contributed by atoms with Crippen molar-refractivity contribution < 1.29 is 29.0 Å². The number of amides is 1. The highest BCUT2D eigenvalue weighted by atomic mass is 16.5. The van der Waals surface area contributed by atoms with Gasteiger partial charge < -0.3 is 19.5 Å². The molecule has 1 aromatic heterocycles. The van der Waals surface area contributed by atoms with Crippen LogP contribution in [-0.2, 0) is 14.3 Å². The number of ether oxygens (including phenoxy) is 2. The number of hydrogen-bond acceptors (Lipinski definition) is 6. The van der Waals surface area contributed by atoms with E-state index in [9.17, 15) is 19.5 Å². The second-order valence-electron chi connectivity index (χ2n) is 12.7. The van der Waals surface area contributed by atoms with Crippen LogP contribution < -0.4 is 4.74 Å². The zero-order valence-corrected chi connectivity index (χ0v) is 25.3. The zero-order chi connectivity index (χ0) is 30.1. The summed E-state index contributed by atoms with van der Waals surface area (Å²) in [6.45, 7) is 13.7. The third-order valence-electron chi connectivity index (χ3n) is 8.82. The molecule has 8 heteroatoms. The third kappa shape index (κ3) is 4.44. The van der Waals surface area contributed by atoms with Gasteiger partial charge in [0.2, 0.25) is 0 Å². The predicted molar refractivity (Wildman–Crippen MR) is 155 cm³/mol. The SMILES string of the molecule is COc1ccc(-c2cc(C)c(C)c(C(=O)O)n2)c(C)c1[C@H]1C2=C(CC(C)(C)CC2=O)OC2=C1C(=O)N(C)[C@@H]2C(C)C. The highest BCUT2D eigenvalue weighted by molar-refractivity contribution is 6.07. The average Bonchev–Trinajstić information content (AvgIpc) is 3.12. The molecule has 0 spiro atoms. The molecule has 0 saturated carbocycles. The number of aromatic carboxylic acids is 1. The molecule has 216 valence electrons. The smallest absolute Gasteiger partial charge is 0.354 e. The van der Waals surface area contributed by atoms with Crippen LogP contribution in [-0.4, -0.2) is 52.8 Å². The van der Waals surface area contributed by atoms with Gasteiger partial charge in [0.25, 0.3) is 5.91 Å². The van der Waals surface area contributed by atoms with E-state index in [0.717, 1.165) is 11.1 Å². The first kappa shape index (κ1) is 28.6. The molecular weight excluding hydrogens is 520 g/mol. The molecule has 2 atom stereocenters. The van der Waals surface area contributed by atoms with Gasteiger partial charge in [0.1, 0.15) is 17.3 Å². The highest BCUT2D eigenvalue weighted by Gasteiger charge is 2.52. The Morgan fingerprint density at radius 1 is 1.12 bits per heavy atom. The lowest BCUT2D eigenvalue weighted by Gasteiger charge is -2.39. The van der Waals surface area contributed by atoms with Crippen molar-refractivity contribution in [3.63, 3.8) is 0 Å². The Morgan fingerprint density at radius 3 is 2.41 bits per heavy atom. The van der Waals surface area contributed by atoms with Gasteiger partial charge in [0, 0.05) is 36.6 Å². The Balaban J connectivity index is 1.82. The second kappa shape index (κ2) is 9.86. The fourth-order valence-corrected chi connectivity index (χ4v) is 6.75. The number of ketones is 1. The predicted octanol–water partition coefficient (Wildman–Crippen LogP) is 5.89. The number of carboxylic acids is 1. The van der Waals surface area contributed by atoms with Crippen molar-refractivity contribution in [3.05, 3.63) is 68.8 Å². The van der Waals surface area contributed by atoms with E-state index in [1.165, 1.54) is 0 Å². The van der Waals surface area contributed by atoms with Crippen molar-refractivity contribution in [2.45, 2.75) is 73.3 Å². The van der Waals surface area contributed by atoms with Crippen LogP contribution in [0.4, 0.5) is 0 Å². The van der Waals surface area contributed by atoms with Crippen molar-refractivity contribution in [2.75, 3.05) is 14.2 Å². The van der Waals surface area contributed by atoms with Crippen molar-refractivity contribution in [3.8, 4) is 17.0 Å². The molecule has 1 aliphatic carbocycles. The topological polar surface area (TPSA) is 106 Å². The Kier molecular flexibility index (Phi) is 6.87. The van der Waals surface area contributed by atoms with Crippen LogP contribution in [0.15, 0.2) is 40.9 Å². The van der Waals surface area contributed by atoms with E-state index in [1.54, 1.807) is 26.0 Å². The van der Waals surface area contributed by atoms with Gasteiger partial charge in [0.05, 0.1) is 30.3 Å². The van der Waals surface area contributed by atoms with Crippen molar-refractivity contribution in [1.29, 1.82) is 0 Å². The quantitative estimate of drug-likeness (QED) is 0.488. The van der Waals surface area contributed by atoms with Gasteiger partial charge in [-0.2, -0.15) is 0 Å². The number of aryl methyl sites for hydroxylation is 1. The van der Waals surface area contributed by atoms with E-state index >= 15 is 0 Å². The first-order valence-electron chi connectivity index (χ1n) is 14.0. The lowest BCUT2D eigenvalue weighted by molar-refractivity contribution is -0.126. The van der Waals surface area contributed by atoms with Crippen LogP contribution in [0.3, 0.4) is 0 Å². The fraction of sp³-hybridized carbons (Fsp3) is 0.455. The van der Waals surface area contributed by atoms with Crippen LogP contribution in [0, 0.1) is 32.1 Å². The number of likely N-dealkylation sites (N-methyl/N-ethyl adjacent to an activating group) is 1. The number of pyridine rings is 1. The summed E-state index contributed by atoms with van der Waals surface area (Å²) in [5, 5.41) is 9.81. The highest BCUT2D eigenvalue weighted by Crippen LogP contribution is 2.55. The van der Waals surface area contributed by atoms with Crippen LogP contribution in [0.25, 0.3) is 11.3 Å². The van der Waals surface area contributed by atoms with Crippen LogP contribution in [0.2, 0.25) is 0 Å². The lowest BCUT2D eigenvalue weighted by atomic mass is 9.68. The molecule has 1 N–H and O–H groups in total. The standard InChI is InChI=1S/C33H38N2O6/c1-15(2)29-30-27(31(37)35(29)8)26(25-21(36)13-33(6,7)14-23(25)41-30)24-18(5)19(10-11-22(24)40-9)20-12-16(3)17(4)28(34-20)32(38)39/h10-12,15,26,29H,13-14H2,1-9H3,(H,38,39)/t26-,29+/m0/s1. The largest absolute Gasteiger partial charge is 0.496 e. The van der Waals surface area contributed by atoms with Gasteiger partial charge in [-0.1, -0.05) is 27.7 Å². The summed E-state index contributed by atoms with van der Waals surface area (Å²) in [5.41, 5.74) is 4.79. The number of Topliss-reactive ketones (excluding diaryl/α,β-unsaturated/α-hetero) is 1. The van der Waals surface area contributed by atoms with E-state index in [4.69, 9.17) is 9.47 Å². The number of aromatic nitrogens is 1. The van der Waals surface area contributed by atoms with Gasteiger partial charge in [-0.25, -0.2) is 9.78 Å². The van der Waals surface area contributed by atoms with Crippen molar-refractivity contribution >= 4 is 17.7 Å². The minimum Gasteiger partial charge on any atom is -0.496 e. The molecule has 0 radical (unpaired) electrons. The van der Waals surface area contributed by atoms with Gasteiger partial charge in [-0.15, -0.1) is 0 Å². The number of allylic oxidation sites excluding steroid dienone is 2. The molecular formula is C33H38N2O6. The van der Waals surface area contributed by atoms with E-state index in [1.807, 2.05) is 32.0 Å². The molecule has 2 aliphatic heterocycles. The molecule has 2 aromatic rings. The lowest BCUT2D eigenvalue weighted by Crippen LogP contribution is -2.36. The van der Waals surface area contributed by atoms with Gasteiger partial charge in [0.15, 0.2) is 11.5 Å². The number of rotatable bonds is 5. The molecule has 3 aliphatic rings. The molecule has 0 bridgehead atoms. The van der Waals surface area contributed by atoms with E-state index in [-0.39, 0.29) is 34.8 Å². The van der Waals surface area contributed by atoms with Crippen LogP contribution in [0.1, 0.15) is 79.2 Å². The Labute approximate surface area is 241 Å². The number of methoxy groups -OCH3 is 1. The van der Waals surface area contributed by atoms with Gasteiger partial charge in [-0.05, 0) is 67.0 Å². The fourth-order valence-electron chi connectivity index (χ4n) is 6.75. The first-order chi connectivity index (χ1) is 19.2. The van der Waals surface area contributed by atoms with Gasteiger partial charge >= 0.3 is 5.97 Å².